The molecular weight excluding hydrogens is 365 g/mol. The van der Waals surface area contributed by atoms with E-state index < -0.39 is 5.82 Å². The molecule has 9 heteroatoms. The van der Waals surface area contributed by atoms with Gasteiger partial charge in [0.1, 0.15) is 29.8 Å². The Morgan fingerprint density at radius 1 is 1.42 bits per heavy atom. The van der Waals surface area contributed by atoms with Crippen LogP contribution in [-0.4, -0.2) is 28.0 Å². The summed E-state index contributed by atoms with van der Waals surface area (Å²) >= 11 is 5.89. The molecule has 0 unspecified atom stereocenters. The summed E-state index contributed by atoms with van der Waals surface area (Å²) in [5.74, 6) is -0.321. The molecule has 0 fully saturated rings. The Morgan fingerprint density at radius 2 is 2.23 bits per heavy atom. The van der Waals surface area contributed by atoms with Gasteiger partial charge in [-0.25, -0.2) is 9.37 Å². The van der Waals surface area contributed by atoms with Crippen molar-refractivity contribution in [1.29, 1.82) is 0 Å². The van der Waals surface area contributed by atoms with Gasteiger partial charge >= 0.3 is 0 Å². The summed E-state index contributed by atoms with van der Waals surface area (Å²) in [6.45, 7) is 1.76. The van der Waals surface area contributed by atoms with Crippen LogP contribution in [-0.2, 0) is 6.61 Å². The minimum absolute atomic E-state index is 0.0544. The second-order valence-electron chi connectivity index (χ2n) is 5.51. The third kappa shape index (κ3) is 3.85. The lowest BCUT2D eigenvalue weighted by Crippen LogP contribution is -2.30. The van der Waals surface area contributed by atoms with Gasteiger partial charge in [0.15, 0.2) is 12.3 Å². The zero-order valence-corrected chi connectivity index (χ0v) is 14.7. The Labute approximate surface area is 153 Å². The molecule has 1 amide bonds. The predicted octanol–water partition coefficient (Wildman–Crippen LogP) is 3.87. The lowest BCUT2D eigenvalue weighted by atomic mass is 10.2. The van der Waals surface area contributed by atoms with E-state index in [2.05, 4.69) is 10.1 Å². The van der Waals surface area contributed by atoms with Crippen LogP contribution in [0.5, 0.6) is 5.75 Å². The molecule has 26 heavy (non-hydrogen) atoms. The number of ether oxygens (including phenoxy) is 1. The van der Waals surface area contributed by atoms with Gasteiger partial charge in [0.2, 0.25) is 5.89 Å². The lowest BCUT2D eigenvalue weighted by Gasteiger charge is -2.21. The fraction of sp³-hybridized carbons (Fsp3) is 0.235. The summed E-state index contributed by atoms with van der Waals surface area (Å²) in [6, 6.07) is 5.16. The average molecular weight is 380 g/mol. The summed E-state index contributed by atoms with van der Waals surface area (Å²) < 4.78 is 28.5. The van der Waals surface area contributed by atoms with Crippen LogP contribution in [0.4, 0.5) is 4.39 Å². The number of oxazole rings is 1. The van der Waals surface area contributed by atoms with Crippen molar-refractivity contribution in [2.75, 3.05) is 7.05 Å². The predicted molar refractivity (Wildman–Crippen MR) is 89.3 cm³/mol. The third-order valence-corrected chi connectivity index (χ3v) is 4.10. The molecule has 0 radical (unpaired) electrons. The van der Waals surface area contributed by atoms with Crippen LogP contribution in [0.25, 0.3) is 0 Å². The van der Waals surface area contributed by atoms with Crippen molar-refractivity contribution in [3.05, 3.63) is 64.9 Å². The first-order valence-electron chi connectivity index (χ1n) is 7.65. The largest absolute Gasteiger partial charge is 0.482 e. The molecule has 0 aliphatic carbocycles. The summed E-state index contributed by atoms with van der Waals surface area (Å²) in [5.41, 5.74) is 0.755. The number of rotatable bonds is 6. The van der Waals surface area contributed by atoms with Crippen molar-refractivity contribution in [3.63, 3.8) is 0 Å². The van der Waals surface area contributed by atoms with Gasteiger partial charge in [-0.15, -0.1) is 0 Å². The quantitative estimate of drug-likeness (QED) is 0.646. The first kappa shape index (κ1) is 17.9. The number of hydrogen-bond acceptors (Lipinski definition) is 6. The maximum absolute atomic E-state index is 13.0. The molecule has 1 atom stereocenters. The van der Waals surface area contributed by atoms with Crippen LogP contribution in [0.15, 0.2) is 45.7 Å². The lowest BCUT2D eigenvalue weighted by molar-refractivity contribution is 0.0731. The summed E-state index contributed by atoms with van der Waals surface area (Å²) in [6.07, 6.45) is 2.69. The van der Waals surface area contributed by atoms with E-state index >= 15 is 0 Å². The van der Waals surface area contributed by atoms with Crippen molar-refractivity contribution in [1.82, 2.24) is 15.0 Å². The number of nitrogens with zero attached hydrogens (tertiary/aromatic N) is 3. The summed E-state index contributed by atoms with van der Waals surface area (Å²) in [7, 11) is 1.63. The van der Waals surface area contributed by atoms with Crippen LogP contribution in [0.3, 0.4) is 0 Å². The molecule has 1 aromatic carbocycles. The molecular formula is C17H15ClFN3O4. The monoisotopic (exact) mass is 379 g/mol. The molecule has 7 nitrogen and oxygen atoms in total. The zero-order valence-electron chi connectivity index (χ0n) is 14.0. The highest BCUT2D eigenvalue weighted by molar-refractivity contribution is 6.32. The normalized spacial score (nSPS) is 12.0. The van der Waals surface area contributed by atoms with Gasteiger partial charge < -0.3 is 18.6 Å². The molecule has 3 aromatic rings. The molecule has 3 rings (SSSR count). The number of carbonyl (C=O) groups excluding carboxylic acids is 1. The van der Waals surface area contributed by atoms with E-state index in [4.69, 9.17) is 25.3 Å². The molecule has 0 N–H and O–H groups in total. The Hall–Kier alpha value is -2.87. The van der Waals surface area contributed by atoms with E-state index in [-0.39, 0.29) is 40.9 Å². The maximum atomic E-state index is 13.0. The molecule has 2 heterocycles. The van der Waals surface area contributed by atoms with E-state index in [1.165, 1.54) is 29.6 Å². The Bertz CT molecular complexity index is 897. The number of halogens is 2. The number of hydrogen-bond donors (Lipinski definition) is 0. The average Bonchev–Trinajstić information content (AvgIpc) is 3.31. The van der Waals surface area contributed by atoms with Crippen molar-refractivity contribution in [3.8, 4) is 5.75 Å². The molecule has 0 spiro atoms. The smallest absolute Gasteiger partial charge is 0.276 e. The molecule has 2 aromatic heterocycles. The first-order valence-corrected chi connectivity index (χ1v) is 8.03. The standard InChI is InChI=1S/C17H15ClFN3O4/c1-10(13-5-6-26-21-13)22(2)17(23)14-8-25-16(20-14)9-24-15-4-3-11(19)7-12(15)18/h3-8,10H,9H2,1-2H3/t10-/m0/s1. The van der Waals surface area contributed by atoms with Crippen LogP contribution < -0.4 is 4.74 Å². The van der Waals surface area contributed by atoms with E-state index in [1.54, 1.807) is 13.1 Å². The van der Waals surface area contributed by atoms with Gasteiger partial charge in [-0.1, -0.05) is 16.8 Å². The van der Waals surface area contributed by atoms with Gasteiger partial charge in [0.25, 0.3) is 5.91 Å². The molecule has 0 saturated heterocycles. The highest BCUT2D eigenvalue weighted by Crippen LogP contribution is 2.26. The number of aromatic nitrogens is 2. The Kier molecular flexibility index (Phi) is 5.22. The van der Waals surface area contributed by atoms with Crippen LogP contribution >= 0.6 is 11.6 Å². The van der Waals surface area contributed by atoms with Gasteiger partial charge in [0.05, 0.1) is 11.1 Å². The van der Waals surface area contributed by atoms with Crippen molar-refractivity contribution >= 4 is 17.5 Å². The fourth-order valence-electron chi connectivity index (χ4n) is 2.20. The third-order valence-electron chi connectivity index (χ3n) is 3.80. The summed E-state index contributed by atoms with van der Waals surface area (Å²) in [4.78, 5) is 18.1. The van der Waals surface area contributed by atoms with E-state index in [1.807, 2.05) is 6.92 Å². The van der Waals surface area contributed by atoms with Crippen LogP contribution in [0, 0.1) is 5.82 Å². The van der Waals surface area contributed by atoms with E-state index in [0.717, 1.165) is 6.07 Å². The minimum atomic E-state index is -0.462. The second-order valence-corrected chi connectivity index (χ2v) is 5.91. The second kappa shape index (κ2) is 7.57. The molecule has 0 aliphatic heterocycles. The van der Waals surface area contributed by atoms with Gasteiger partial charge in [0, 0.05) is 13.1 Å². The number of carbonyl (C=O) groups is 1. The minimum Gasteiger partial charge on any atom is -0.482 e. The van der Waals surface area contributed by atoms with Crippen molar-refractivity contribution in [2.24, 2.45) is 0 Å². The van der Waals surface area contributed by atoms with Gasteiger partial charge in [-0.05, 0) is 25.1 Å². The number of benzene rings is 1. The van der Waals surface area contributed by atoms with E-state index in [9.17, 15) is 9.18 Å². The van der Waals surface area contributed by atoms with Crippen LogP contribution in [0.1, 0.15) is 35.0 Å². The molecule has 0 saturated carbocycles. The molecule has 136 valence electrons. The van der Waals surface area contributed by atoms with Crippen LogP contribution in [0.2, 0.25) is 5.02 Å². The van der Waals surface area contributed by atoms with E-state index in [0.29, 0.717) is 5.69 Å². The Morgan fingerprint density at radius 3 is 2.92 bits per heavy atom. The van der Waals surface area contributed by atoms with Crippen molar-refractivity contribution in [2.45, 2.75) is 19.6 Å². The maximum Gasteiger partial charge on any atom is 0.276 e. The number of amides is 1. The fourth-order valence-corrected chi connectivity index (χ4v) is 2.42. The molecule has 0 aliphatic rings. The zero-order chi connectivity index (χ0) is 18.7. The SMILES string of the molecule is C[C@@H](c1ccon1)N(C)C(=O)c1coc(COc2ccc(F)cc2Cl)n1. The van der Waals surface area contributed by atoms with Gasteiger partial charge in [-0.2, -0.15) is 0 Å². The topological polar surface area (TPSA) is 81.6 Å². The Balaban J connectivity index is 1.64. The molecule has 0 bridgehead atoms. The summed E-state index contributed by atoms with van der Waals surface area (Å²) in [5, 5.41) is 3.96. The van der Waals surface area contributed by atoms with Gasteiger partial charge in [-0.3, -0.25) is 4.79 Å². The highest BCUT2D eigenvalue weighted by atomic mass is 35.5. The highest BCUT2D eigenvalue weighted by Gasteiger charge is 2.23. The first-order chi connectivity index (χ1) is 12.5. The van der Waals surface area contributed by atoms with Crippen molar-refractivity contribution < 1.29 is 22.9 Å².